The van der Waals surface area contributed by atoms with Gasteiger partial charge < -0.3 is 10.2 Å². The van der Waals surface area contributed by atoms with Gasteiger partial charge in [0.2, 0.25) is 11.8 Å². The number of nitrogens with one attached hydrogen (secondary N) is 2. The van der Waals surface area contributed by atoms with Crippen LogP contribution < -0.4 is 10.6 Å². The first-order valence-corrected chi connectivity index (χ1v) is 13.9. The number of benzene rings is 1. The fraction of sp³-hybridized carbons (Fsp3) is 0.679. The number of anilines is 1. The molecule has 3 amide bonds. The molecule has 1 atom stereocenters. The molecule has 0 spiro atoms. The maximum Gasteiger partial charge on any atom is 0.261 e. The molecule has 4 fully saturated rings. The summed E-state index contributed by atoms with van der Waals surface area (Å²) in [6.07, 6.45) is 8.93. The van der Waals surface area contributed by atoms with E-state index in [4.69, 9.17) is 0 Å². The molecule has 2 saturated heterocycles. The number of carbonyl (C=O) groups is 3. The largest absolute Gasteiger partial charge is 0.379 e. The van der Waals surface area contributed by atoms with E-state index in [2.05, 4.69) is 10.6 Å². The Balaban J connectivity index is 1.19. The van der Waals surface area contributed by atoms with E-state index in [1.54, 1.807) is 4.90 Å². The van der Waals surface area contributed by atoms with Crippen LogP contribution in [-0.4, -0.2) is 64.2 Å². The molecule has 0 radical (unpaired) electrons. The van der Waals surface area contributed by atoms with E-state index in [9.17, 15) is 23.2 Å². The average molecular weight is 515 g/mol. The monoisotopic (exact) mass is 514 g/mol. The minimum Gasteiger partial charge on any atom is -0.379 e. The molecule has 3 aliphatic heterocycles. The Bertz CT molecular complexity index is 1100. The van der Waals surface area contributed by atoms with E-state index in [1.807, 2.05) is 23.1 Å². The summed E-state index contributed by atoms with van der Waals surface area (Å²) in [7, 11) is 0. The van der Waals surface area contributed by atoms with Crippen molar-refractivity contribution >= 4 is 23.4 Å². The third kappa shape index (κ3) is 4.99. The Hall–Kier alpha value is -2.55. The van der Waals surface area contributed by atoms with Gasteiger partial charge in [0, 0.05) is 54.3 Å². The number of nitrogens with zero attached hydrogens (tertiary/aromatic N) is 2. The molecular formula is C28H36F2N4O3. The van der Waals surface area contributed by atoms with Crippen molar-refractivity contribution in [1.29, 1.82) is 0 Å². The summed E-state index contributed by atoms with van der Waals surface area (Å²) in [6, 6.07) is 5.29. The highest BCUT2D eigenvalue weighted by molar-refractivity contribution is 6.06. The second kappa shape index (κ2) is 9.33. The number of rotatable bonds is 7. The van der Waals surface area contributed by atoms with Crippen molar-refractivity contribution in [3.8, 4) is 0 Å². The number of imide groups is 1. The number of alkyl halides is 2. The van der Waals surface area contributed by atoms with Crippen LogP contribution in [0.5, 0.6) is 0 Å². The minimum atomic E-state index is -2.57. The van der Waals surface area contributed by atoms with Crippen molar-refractivity contribution < 1.29 is 23.2 Å². The lowest BCUT2D eigenvalue weighted by atomic mass is 9.75. The Morgan fingerprint density at radius 3 is 2.49 bits per heavy atom. The van der Waals surface area contributed by atoms with E-state index in [0.29, 0.717) is 25.1 Å². The van der Waals surface area contributed by atoms with E-state index in [1.165, 1.54) is 12.8 Å². The van der Waals surface area contributed by atoms with Gasteiger partial charge in [-0.1, -0.05) is 18.9 Å². The van der Waals surface area contributed by atoms with Crippen molar-refractivity contribution in [2.45, 2.75) is 101 Å². The number of halogens is 2. The predicted molar refractivity (Wildman–Crippen MR) is 134 cm³/mol. The molecular weight excluding hydrogens is 478 g/mol. The maximum atomic E-state index is 13.8. The van der Waals surface area contributed by atoms with E-state index in [0.717, 1.165) is 55.7 Å². The quantitative estimate of drug-likeness (QED) is 0.536. The standard InChI is InChI=1S/C28H36F2N4O3/c29-28(30)14-15-33(17-28)19-9-12-27(13-10-19,11-8-18-4-5-18)32-22-3-1-2-20-21(22)16-34(26(20)37)23-6-7-24(35)31-25(23)36/h1-3,18-19,23,32H,4-17H2,(H,31,35,36). The van der Waals surface area contributed by atoms with Crippen LogP contribution in [0.25, 0.3) is 0 Å². The van der Waals surface area contributed by atoms with Crippen molar-refractivity contribution in [2.75, 3.05) is 18.4 Å². The molecule has 3 heterocycles. The summed E-state index contributed by atoms with van der Waals surface area (Å²) in [5.41, 5.74) is 2.33. The van der Waals surface area contributed by atoms with Gasteiger partial charge in [-0.15, -0.1) is 0 Å². The lowest BCUT2D eigenvalue weighted by molar-refractivity contribution is -0.136. The summed E-state index contributed by atoms with van der Waals surface area (Å²) >= 11 is 0. The van der Waals surface area contributed by atoms with Crippen LogP contribution in [-0.2, 0) is 16.1 Å². The first-order valence-electron chi connectivity index (χ1n) is 13.9. The molecule has 7 nitrogen and oxygen atoms in total. The molecule has 1 unspecified atom stereocenters. The third-order valence-electron chi connectivity index (χ3n) is 9.34. The highest BCUT2D eigenvalue weighted by Crippen LogP contribution is 2.44. The predicted octanol–water partition coefficient (Wildman–Crippen LogP) is 4.07. The molecule has 200 valence electrons. The van der Waals surface area contributed by atoms with Gasteiger partial charge in [-0.2, -0.15) is 0 Å². The summed E-state index contributed by atoms with van der Waals surface area (Å²) in [5, 5.41) is 6.23. The van der Waals surface area contributed by atoms with Gasteiger partial charge in [0.15, 0.2) is 0 Å². The van der Waals surface area contributed by atoms with Gasteiger partial charge in [0.1, 0.15) is 6.04 Å². The Kier molecular flexibility index (Phi) is 6.24. The molecule has 2 aliphatic carbocycles. The highest BCUT2D eigenvalue weighted by Gasteiger charge is 2.45. The summed E-state index contributed by atoms with van der Waals surface area (Å²) in [5.74, 6) is -2.64. The van der Waals surface area contributed by atoms with Crippen LogP contribution in [0.1, 0.15) is 86.6 Å². The van der Waals surface area contributed by atoms with Crippen molar-refractivity contribution in [2.24, 2.45) is 5.92 Å². The number of fused-ring (bicyclic) bond motifs is 1. The molecule has 1 aromatic rings. The van der Waals surface area contributed by atoms with Crippen LogP contribution in [0.3, 0.4) is 0 Å². The van der Waals surface area contributed by atoms with Gasteiger partial charge in [-0.3, -0.25) is 24.6 Å². The Labute approximate surface area is 216 Å². The fourth-order valence-corrected chi connectivity index (χ4v) is 6.91. The molecule has 2 N–H and O–H groups in total. The number of carbonyl (C=O) groups excluding carboxylic acids is 3. The molecule has 5 aliphatic rings. The molecule has 0 bridgehead atoms. The van der Waals surface area contributed by atoms with E-state index in [-0.39, 0.29) is 42.8 Å². The number of likely N-dealkylation sites (tertiary alicyclic amines) is 1. The maximum absolute atomic E-state index is 13.8. The molecule has 2 saturated carbocycles. The van der Waals surface area contributed by atoms with Crippen molar-refractivity contribution in [3.63, 3.8) is 0 Å². The molecule has 0 aromatic heterocycles. The number of piperidine rings is 1. The number of hydrogen-bond acceptors (Lipinski definition) is 5. The van der Waals surface area contributed by atoms with Crippen molar-refractivity contribution in [3.05, 3.63) is 29.3 Å². The molecule has 6 rings (SSSR count). The zero-order valence-electron chi connectivity index (χ0n) is 21.2. The first-order chi connectivity index (χ1) is 17.7. The zero-order chi connectivity index (χ0) is 25.8. The smallest absolute Gasteiger partial charge is 0.261 e. The van der Waals surface area contributed by atoms with Gasteiger partial charge in [0.25, 0.3) is 11.8 Å². The number of hydrogen-bond donors (Lipinski definition) is 2. The molecule has 37 heavy (non-hydrogen) atoms. The van der Waals surface area contributed by atoms with Crippen molar-refractivity contribution in [1.82, 2.24) is 15.1 Å². The van der Waals surface area contributed by atoms with Crippen LogP contribution >= 0.6 is 0 Å². The van der Waals surface area contributed by atoms with Gasteiger partial charge >= 0.3 is 0 Å². The van der Waals surface area contributed by atoms with Crippen LogP contribution in [0.15, 0.2) is 18.2 Å². The number of amides is 3. The third-order valence-corrected chi connectivity index (χ3v) is 9.34. The molecule has 1 aromatic carbocycles. The highest BCUT2D eigenvalue weighted by atomic mass is 19.3. The Morgan fingerprint density at radius 2 is 1.81 bits per heavy atom. The summed E-state index contributed by atoms with van der Waals surface area (Å²) < 4.78 is 27.7. The summed E-state index contributed by atoms with van der Waals surface area (Å²) in [4.78, 5) is 41.0. The Morgan fingerprint density at radius 1 is 1.03 bits per heavy atom. The second-order valence-corrected chi connectivity index (χ2v) is 11.9. The molecule has 9 heteroatoms. The van der Waals surface area contributed by atoms with Crippen LogP contribution in [0.4, 0.5) is 14.5 Å². The fourth-order valence-electron chi connectivity index (χ4n) is 6.91. The van der Waals surface area contributed by atoms with Crippen LogP contribution in [0.2, 0.25) is 0 Å². The average Bonchev–Trinajstić information content (AvgIpc) is 3.55. The van der Waals surface area contributed by atoms with Gasteiger partial charge in [0.05, 0.1) is 6.54 Å². The summed E-state index contributed by atoms with van der Waals surface area (Å²) in [6.45, 7) is 0.698. The van der Waals surface area contributed by atoms with Gasteiger partial charge in [-0.25, -0.2) is 8.78 Å². The zero-order valence-corrected chi connectivity index (χ0v) is 21.2. The van der Waals surface area contributed by atoms with Crippen LogP contribution in [0, 0.1) is 5.92 Å². The lowest BCUT2D eigenvalue weighted by Gasteiger charge is -2.44. The minimum absolute atomic E-state index is 0.0393. The normalized spacial score (nSPS) is 31.9. The van der Waals surface area contributed by atoms with E-state index >= 15 is 0 Å². The lowest BCUT2D eigenvalue weighted by Crippen LogP contribution is -2.52. The topological polar surface area (TPSA) is 81.8 Å². The van der Waals surface area contributed by atoms with Gasteiger partial charge in [-0.05, 0) is 63.0 Å². The first kappa shape index (κ1) is 24.8. The van der Waals surface area contributed by atoms with E-state index < -0.39 is 17.9 Å². The SMILES string of the molecule is O=C1CCC(N2Cc3c(NC4(CCC5CC5)CCC(N5CCC(F)(F)C5)CC4)cccc3C2=O)C(=O)N1. The second-order valence-electron chi connectivity index (χ2n) is 11.9.